The van der Waals surface area contributed by atoms with Crippen LogP contribution in [0.2, 0.25) is 0 Å². The van der Waals surface area contributed by atoms with E-state index in [0.29, 0.717) is 11.3 Å². The quantitative estimate of drug-likeness (QED) is 0.774. The van der Waals surface area contributed by atoms with Crippen LogP contribution in [0.4, 0.5) is 4.79 Å². The number of nitrogens with zero attached hydrogens (tertiary/aromatic N) is 2. The van der Waals surface area contributed by atoms with Gasteiger partial charge in [0.1, 0.15) is 0 Å². The molecule has 100 valence electrons. The molecule has 1 heterocycles. The molecule has 2 rings (SSSR count). The number of amides is 2. The van der Waals surface area contributed by atoms with Crippen molar-refractivity contribution in [1.82, 2.24) is 9.80 Å². The van der Waals surface area contributed by atoms with Crippen molar-refractivity contribution in [2.45, 2.75) is 25.8 Å². The highest BCUT2D eigenvalue weighted by Gasteiger charge is 2.32. The summed E-state index contributed by atoms with van der Waals surface area (Å²) in [7, 11) is -2.52. The van der Waals surface area contributed by atoms with Crippen LogP contribution in [-0.2, 0) is 10.7 Å². The van der Waals surface area contributed by atoms with Gasteiger partial charge >= 0.3 is 6.03 Å². The number of hydrogen-bond donors (Lipinski definition) is 1. The molecule has 1 atom stereocenters. The maximum atomic E-state index is 12.1. The summed E-state index contributed by atoms with van der Waals surface area (Å²) in [5, 5.41) is 0. The molecule has 5 nitrogen and oxygen atoms in total. The Hall–Kier alpha value is -1.30. The SMILES string of the molecule is CCCN1CCN(C2C=CC([SH](=O)=O)=CC2)C1=O. The summed E-state index contributed by atoms with van der Waals surface area (Å²) >= 11 is 0. The molecule has 1 saturated heterocycles. The van der Waals surface area contributed by atoms with Gasteiger partial charge in [-0.2, -0.15) is 0 Å². The lowest BCUT2D eigenvalue weighted by molar-refractivity contribution is 0.184. The summed E-state index contributed by atoms with van der Waals surface area (Å²) in [5.41, 5.74) is 0. The first-order valence-corrected chi connectivity index (χ1v) is 7.39. The normalized spacial score (nSPS) is 24.0. The molecule has 0 N–H and O–H groups in total. The van der Waals surface area contributed by atoms with Crippen molar-refractivity contribution in [2.75, 3.05) is 19.6 Å². The van der Waals surface area contributed by atoms with E-state index >= 15 is 0 Å². The van der Waals surface area contributed by atoms with E-state index < -0.39 is 10.7 Å². The number of rotatable bonds is 4. The minimum Gasteiger partial charge on any atom is -0.323 e. The second kappa shape index (κ2) is 5.56. The number of allylic oxidation sites excluding steroid dienone is 1. The van der Waals surface area contributed by atoms with Crippen molar-refractivity contribution in [3.8, 4) is 0 Å². The van der Waals surface area contributed by atoms with Crippen molar-refractivity contribution in [3.05, 3.63) is 23.1 Å². The van der Waals surface area contributed by atoms with Crippen LogP contribution in [0.5, 0.6) is 0 Å². The standard InChI is InChI=1S/C12H18N2O3S/c1-2-7-13-8-9-14(12(13)15)10-3-5-11(6-4-10)18(16)17/h3,5-6,10,18H,2,4,7-9H2,1H3. The van der Waals surface area contributed by atoms with Gasteiger partial charge < -0.3 is 9.80 Å². The third-order valence-corrected chi connectivity index (χ3v) is 4.04. The molecule has 6 heteroatoms. The first-order chi connectivity index (χ1) is 8.63. The fourth-order valence-corrected chi connectivity index (χ4v) is 2.81. The van der Waals surface area contributed by atoms with Crippen LogP contribution in [0.15, 0.2) is 23.1 Å². The predicted octanol–water partition coefficient (Wildman–Crippen LogP) is 0.958. The molecule has 0 spiro atoms. The molecule has 0 bridgehead atoms. The second-order valence-corrected chi connectivity index (χ2v) is 5.54. The largest absolute Gasteiger partial charge is 0.323 e. The minimum atomic E-state index is -2.52. The molecule has 0 saturated carbocycles. The Balaban J connectivity index is 2.00. The number of carbonyl (C=O) groups excluding carboxylic acids is 1. The van der Waals surface area contributed by atoms with Crippen LogP contribution >= 0.6 is 0 Å². The fraction of sp³-hybridized carbons (Fsp3) is 0.583. The van der Waals surface area contributed by atoms with Gasteiger partial charge in [-0.1, -0.05) is 19.1 Å². The topological polar surface area (TPSA) is 57.7 Å². The van der Waals surface area contributed by atoms with Crippen molar-refractivity contribution >= 4 is 16.7 Å². The summed E-state index contributed by atoms with van der Waals surface area (Å²) in [4.78, 5) is 16.1. The first kappa shape index (κ1) is 13.1. The van der Waals surface area contributed by atoms with Gasteiger partial charge in [0.15, 0.2) is 10.7 Å². The van der Waals surface area contributed by atoms with Crippen molar-refractivity contribution < 1.29 is 13.2 Å². The van der Waals surface area contributed by atoms with Crippen molar-refractivity contribution in [3.63, 3.8) is 0 Å². The summed E-state index contributed by atoms with van der Waals surface area (Å²) in [5.74, 6) is 0. The van der Waals surface area contributed by atoms with Gasteiger partial charge in [-0.15, -0.1) is 0 Å². The third kappa shape index (κ3) is 2.58. The van der Waals surface area contributed by atoms with E-state index in [9.17, 15) is 13.2 Å². The summed E-state index contributed by atoms with van der Waals surface area (Å²) in [6, 6.07) is 0.0629. The lowest BCUT2D eigenvalue weighted by Crippen LogP contribution is -2.38. The highest BCUT2D eigenvalue weighted by atomic mass is 32.2. The summed E-state index contributed by atoms with van der Waals surface area (Å²) < 4.78 is 21.6. The van der Waals surface area contributed by atoms with Crippen LogP contribution in [0.3, 0.4) is 0 Å². The predicted molar refractivity (Wildman–Crippen MR) is 69.9 cm³/mol. The lowest BCUT2D eigenvalue weighted by Gasteiger charge is -2.26. The number of hydrogen-bond acceptors (Lipinski definition) is 3. The Labute approximate surface area is 109 Å². The Bertz CT molecular complexity index is 460. The molecule has 0 aromatic rings. The van der Waals surface area contributed by atoms with Crippen LogP contribution < -0.4 is 0 Å². The Kier molecular flexibility index (Phi) is 4.06. The molecule has 0 aromatic carbocycles. The number of thiol groups is 1. The van der Waals surface area contributed by atoms with Crippen LogP contribution in [-0.4, -0.2) is 49.9 Å². The maximum absolute atomic E-state index is 12.1. The zero-order valence-corrected chi connectivity index (χ0v) is 11.3. The molecule has 0 aromatic heterocycles. The van der Waals surface area contributed by atoms with Gasteiger partial charge in [0.05, 0.1) is 10.9 Å². The van der Waals surface area contributed by atoms with Gasteiger partial charge in [-0.25, -0.2) is 13.2 Å². The van der Waals surface area contributed by atoms with Gasteiger partial charge in [0.2, 0.25) is 0 Å². The highest BCUT2D eigenvalue weighted by Crippen LogP contribution is 2.21. The maximum Gasteiger partial charge on any atom is 0.320 e. The van der Waals surface area contributed by atoms with Gasteiger partial charge in [-0.05, 0) is 18.9 Å². The van der Waals surface area contributed by atoms with Crippen molar-refractivity contribution in [2.24, 2.45) is 0 Å². The van der Waals surface area contributed by atoms with E-state index in [0.717, 1.165) is 26.1 Å². The number of urea groups is 1. The second-order valence-electron chi connectivity index (χ2n) is 4.51. The Morgan fingerprint density at radius 2 is 2.17 bits per heavy atom. The van der Waals surface area contributed by atoms with E-state index in [2.05, 4.69) is 6.92 Å². The van der Waals surface area contributed by atoms with Crippen LogP contribution in [0, 0.1) is 0 Å². The van der Waals surface area contributed by atoms with Crippen LogP contribution in [0.1, 0.15) is 19.8 Å². The van der Waals surface area contributed by atoms with E-state index in [4.69, 9.17) is 0 Å². The van der Waals surface area contributed by atoms with E-state index in [1.165, 1.54) is 0 Å². The first-order valence-electron chi connectivity index (χ1n) is 6.21. The zero-order chi connectivity index (χ0) is 13.1. The molecular weight excluding hydrogens is 252 g/mol. The average molecular weight is 270 g/mol. The van der Waals surface area contributed by atoms with E-state index in [1.54, 1.807) is 12.2 Å². The minimum absolute atomic E-state index is 0.00180. The zero-order valence-electron chi connectivity index (χ0n) is 10.4. The Morgan fingerprint density at radius 1 is 1.39 bits per heavy atom. The number of carbonyl (C=O) groups is 1. The monoisotopic (exact) mass is 270 g/mol. The fourth-order valence-electron chi connectivity index (χ4n) is 2.35. The van der Waals surface area contributed by atoms with Gasteiger partial charge in [0, 0.05) is 19.6 Å². The molecule has 0 radical (unpaired) electrons. The molecule has 1 fully saturated rings. The van der Waals surface area contributed by atoms with Gasteiger partial charge in [0.25, 0.3) is 0 Å². The third-order valence-electron chi connectivity index (χ3n) is 3.29. The molecule has 2 aliphatic rings. The highest BCUT2D eigenvalue weighted by molar-refractivity contribution is 7.77. The smallest absolute Gasteiger partial charge is 0.320 e. The molecule has 18 heavy (non-hydrogen) atoms. The summed E-state index contributed by atoms with van der Waals surface area (Å²) in [6.07, 6.45) is 6.64. The molecule has 1 aliphatic heterocycles. The van der Waals surface area contributed by atoms with E-state index in [1.807, 2.05) is 15.9 Å². The van der Waals surface area contributed by atoms with E-state index in [-0.39, 0.29) is 12.1 Å². The molecule has 2 amide bonds. The van der Waals surface area contributed by atoms with Crippen LogP contribution in [0.25, 0.3) is 0 Å². The Morgan fingerprint density at radius 3 is 2.72 bits per heavy atom. The molecule has 1 aliphatic carbocycles. The summed E-state index contributed by atoms with van der Waals surface area (Å²) in [6.45, 7) is 4.33. The molecule has 1 unspecified atom stereocenters. The van der Waals surface area contributed by atoms with Gasteiger partial charge in [-0.3, -0.25) is 0 Å². The average Bonchev–Trinajstić information content (AvgIpc) is 2.72. The lowest BCUT2D eigenvalue weighted by atomic mass is 10.1. The van der Waals surface area contributed by atoms with Crippen molar-refractivity contribution in [1.29, 1.82) is 0 Å². The molecular formula is C12H18N2O3S.